The second-order valence-corrected chi connectivity index (χ2v) is 6.01. The maximum atomic E-state index is 12.3. The molecular formula is C18H16N6O. The molecule has 0 bridgehead atoms. The molecule has 4 aromatic rings. The van der Waals surface area contributed by atoms with Gasteiger partial charge in [0.15, 0.2) is 5.78 Å². The van der Waals surface area contributed by atoms with Gasteiger partial charge in [-0.25, -0.2) is 9.97 Å². The Bertz CT molecular complexity index is 1080. The number of carbonyl (C=O) groups excluding carboxylic acids is 1. The van der Waals surface area contributed by atoms with E-state index in [1.54, 1.807) is 42.0 Å². The molecule has 0 saturated carbocycles. The van der Waals surface area contributed by atoms with Crippen LogP contribution in [0.1, 0.15) is 16.2 Å². The van der Waals surface area contributed by atoms with Crippen LogP contribution in [-0.4, -0.2) is 34.9 Å². The van der Waals surface area contributed by atoms with Gasteiger partial charge in [-0.3, -0.25) is 14.8 Å². The summed E-state index contributed by atoms with van der Waals surface area (Å²) >= 11 is 0. The Morgan fingerprint density at radius 1 is 1.00 bits per heavy atom. The van der Waals surface area contributed by atoms with Crippen LogP contribution in [-0.2, 0) is 20.5 Å². The molecular weight excluding hydrogens is 316 g/mol. The van der Waals surface area contributed by atoms with E-state index in [4.69, 9.17) is 0 Å². The Morgan fingerprint density at radius 3 is 2.56 bits per heavy atom. The Kier molecular flexibility index (Phi) is 3.61. The van der Waals surface area contributed by atoms with Gasteiger partial charge in [0.1, 0.15) is 5.69 Å². The fraction of sp³-hybridized carbons (Fsp3) is 0.167. The first-order valence-corrected chi connectivity index (χ1v) is 7.83. The van der Waals surface area contributed by atoms with E-state index >= 15 is 0 Å². The number of ketones is 1. The molecule has 7 heteroatoms. The normalized spacial score (nSPS) is 11.1. The van der Waals surface area contributed by atoms with Crippen LogP contribution in [0.4, 0.5) is 0 Å². The third-order valence-corrected chi connectivity index (χ3v) is 4.07. The van der Waals surface area contributed by atoms with Crippen LogP contribution in [0, 0.1) is 0 Å². The quantitative estimate of drug-likeness (QED) is 0.535. The average molecular weight is 332 g/mol. The van der Waals surface area contributed by atoms with E-state index in [0.717, 1.165) is 22.2 Å². The molecule has 0 radical (unpaired) electrons. The van der Waals surface area contributed by atoms with Crippen LogP contribution >= 0.6 is 0 Å². The summed E-state index contributed by atoms with van der Waals surface area (Å²) in [6.07, 6.45) is 10.6. The van der Waals surface area contributed by atoms with E-state index in [9.17, 15) is 4.79 Å². The molecule has 124 valence electrons. The number of hydrogen-bond acceptors (Lipinski definition) is 5. The average Bonchev–Trinajstić information content (AvgIpc) is 3.22. The molecule has 7 nitrogen and oxygen atoms in total. The highest BCUT2D eigenvalue weighted by Crippen LogP contribution is 2.21. The summed E-state index contributed by atoms with van der Waals surface area (Å²) in [4.78, 5) is 29.4. The lowest BCUT2D eigenvalue weighted by atomic mass is 10.1. The van der Waals surface area contributed by atoms with Crippen molar-refractivity contribution in [1.29, 1.82) is 0 Å². The van der Waals surface area contributed by atoms with Gasteiger partial charge in [-0.05, 0) is 17.5 Å². The topological polar surface area (TPSA) is 78.5 Å². The zero-order chi connectivity index (χ0) is 17.4. The number of pyridine rings is 2. The van der Waals surface area contributed by atoms with E-state index in [1.807, 2.05) is 30.8 Å². The fourth-order valence-electron chi connectivity index (χ4n) is 2.74. The molecule has 0 saturated heterocycles. The number of rotatable bonds is 4. The van der Waals surface area contributed by atoms with Gasteiger partial charge < -0.3 is 9.13 Å². The Balaban J connectivity index is 1.67. The largest absolute Gasteiger partial charge is 0.340 e. The highest BCUT2D eigenvalue weighted by Gasteiger charge is 2.12. The lowest BCUT2D eigenvalue weighted by Crippen LogP contribution is -2.05. The van der Waals surface area contributed by atoms with Crippen molar-refractivity contribution in [3.63, 3.8) is 0 Å². The summed E-state index contributed by atoms with van der Waals surface area (Å²) in [5.74, 6) is -0.0478. The van der Waals surface area contributed by atoms with Gasteiger partial charge in [-0.1, -0.05) is 0 Å². The van der Waals surface area contributed by atoms with E-state index in [2.05, 4.69) is 19.9 Å². The number of Topliss-reactive ketones (excluding diaryl/α,β-unsaturated/α-hetero) is 1. The SMILES string of the molecule is Cn1cnc(C(=O)Cc2cc3cc(-c4cncn4C)ncc3cn2)c1. The summed E-state index contributed by atoms with van der Waals surface area (Å²) in [5.41, 5.74) is 2.94. The van der Waals surface area contributed by atoms with Crippen LogP contribution in [0.3, 0.4) is 0 Å². The Morgan fingerprint density at radius 2 is 1.84 bits per heavy atom. The summed E-state index contributed by atoms with van der Waals surface area (Å²) in [6, 6.07) is 3.92. The van der Waals surface area contributed by atoms with E-state index in [0.29, 0.717) is 11.4 Å². The number of aryl methyl sites for hydroxylation is 2. The number of aromatic nitrogens is 6. The summed E-state index contributed by atoms with van der Waals surface area (Å²) in [7, 11) is 3.77. The second-order valence-electron chi connectivity index (χ2n) is 6.01. The molecule has 0 amide bonds. The smallest absolute Gasteiger partial charge is 0.188 e. The molecule has 0 unspecified atom stereocenters. The third-order valence-electron chi connectivity index (χ3n) is 4.07. The summed E-state index contributed by atoms with van der Waals surface area (Å²) in [5, 5.41) is 1.92. The molecule has 0 aliphatic carbocycles. The van der Waals surface area contributed by atoms with E-state index < -0.39 is 0 Å². The number of carbonyl (C=O) groups is 1. The third kappa shape index (κ3) is 2.91. The van der Waals surface area contributed by atoms with E-state index in [1.165, 1.54) is 0 Å². The van der Waals surface area contributed by atoms with Gasteiger partial charge >= 0.3 is 0 Å². The molecule has 0 aromatic carbocycles. The minimum atomic E-state index is -0.0478. The highest BCUT2D eigenvalue weighted by atomic mass is 16.1. The van der Waals surface area contributed by atoms with Crippen LogP contribution in [0.25, 0.3) is 22.2 Å². The molecule has 0 aliphatic heterocycles. The van der Waals surface area contributed by atoms with Crippen LogP contribution in [0.2, 0.25) is 0 Å². The van der Waals surface area contributed by atoms with Gasteiger partial charge in [-0.2, -0.15) is 0 Å². The zero-order valence-electron chi connectivity index (χ0n) is 13.9. The van der Waals surface area contributed by atoms with Crippen molar-refractivity contribution in [2.24, 2.45) is 14.1 Å². The molecule has 4 rings (SSSR count). The number of nitrogens with zero attached hydrogens (tertiary/aromatic N) is 6. The van der Waals surface area contributed by atoms with E-state index in [-0.39, 0.29) is 12.2 Å². The maximum Gasteiger partial charge on any atom is 0.188 e. The van der Waals surface area contributed by atoms with Crippen LogP contribution in [0.15, 0.2) is 49.6 Å². The molecule has 4 heterocycles. The molecule has 0 fully saturated rings. The molecule has 0 atom stereocenters. The standard InChI is InChI=1S/C18H16N6O/c1-23-9-16(22-11-23)18(25)5-14-3-12-4-15(17-8-19-10-24(17)2)21-7-13(12)6-20-14/h3-4,6-11H,5H2,1-2H3. The number of fused-ring (bicyclic) bond motifs is 1. The minimum absolute atomic E-state index is 0.0478. The van der Waals surface area contributed by atoms with Gasteiger partial charge in [0.25, 0.3) is 0 Å². The lowest BCUT2D eigenvalue weighted by molar-refractivity contribution is 0.0987. The van der Waals surface area contributed by atoms with Crippen molar-refractivity contribution in [2.45, 2.75) is 6.42 Å². The number of hydrogen-bond donors (Lipinski definition) is 0. The van der Waals surface area contributed by atoms with Crippen molar-refractivity contribution >= 4 is 16.6 Å². The number of imidazole rings is 2. The predicted molar refractivity (Wildman–Crippen MR) is 93.0 cm³/mol. The Labute approximate surface area is 144 Å². The molecule has 25 heavy (non-hydrogen) atoms. The van der Waals surface area contributed by atoms with Crippen molar-refractivity contribution in [3.8, 4) is 11.4 Å². The first-order chi connectivity index (χ1) is 12.1. The van der Waals surface area contributed by atoms with Gasteiger partial charge in [0.05, 0.1) is 36.7 Å². The van der Waals surface area contributed by atoms with Crippen molar-refractivity contribution in [1.82, 2.24) is 29.1 Å². The first-order valence-electron chi connectivity index (χ1n) is 7.83. The monoisotopic (exact) mass is 332 g/mol. The highest BCUT2D eigenvalue weighted by molar-refractivity contribution is 5.96. The van der Waals surface area contributed by atoms with Crippen molar-refractivity contribution in [3.05, 3.63) is 61.0 Å². The molecule has 0 aliphatic rings. The van der Waals surface area contributed by atoms with Crippen molar-refractivity contribution < 1.29 is 4.79 Å². The fourth-order valence-corrected chi connectivity index (χ4v) is 2.74. The Hall–Kier alpha value is -3.35. The zero-order valence-corrected chi connectivity index (χ0v) is 13.9. The van der Waals surface area contributed by atoms with Gasteiger partial charge in [0, 0.05) is 43.8 Å². The first kappa shape index (κ1) is 15.2. The summed E-state index contributed by atoms with van der Waals surface area (Å²) < 4.78 is 3.67. The lowest BCUT2D eigenvalue weighted by Gasteiger charge is -2.05. The summed E-state index contributed by atoms with van der Waals surface area (Å²) in [6.45, 7) is 0. The molecule has 4 aromatic heterocycles. The maximum absolute atomic E-state index is 12.3. The van der Waals surface area contributed by atoms with Crippen LogP contribution < -0.4 is 0 Å². The van der Waals surface area contributed by atoms with Gasteiger partial charge in [0.2, 0.25) is 0 Å². The predicted octanol–water partition coefficient (Wildman–Crippen LogP) is 2.19. The van der Waals surface area contributed by atoms with Crippen LogP contribution in [0.5, 0.6) is 0 Å². The minimum Gasteiger partial charge on any atom is -0.340 e. The van der Waals surface area contributed by atoms with Gasteiger partial charge in [-0.15, -0.1) is 0 Å². The molecule has 0 spiro atoms. The second kappa shape index (κ2) is 5.94. The molecule has 0 N–H and O–H groups in total. The van der Waals surface area contributed by atoms with Crippen molar-refractivity contribution in [2.75, 3.05) is 0 Å².